The molecule has 0 saturated carbocycles. The van der Waals surface area contributed by atoms with E-state index in [0.29, 0.717) is 31.8 Å². The Bertz CT molecular complexity index is 588. The lowest BCUT2D eigenvalue weighted by molar-refractivity contribution is 0.205. The maximum Gasteiger partial charge on any atom is 0.180 e. The van der Waals surface area contributed by atoms with Gasteiger partial charge in [-0.3, -0.25) is 10.4 Å². The number of methoxy groups -OCH3 is 1. The Balaban J connectivity index is 2.21. The summed E-state index contributed by atoms with van der Waals surface area (Å²) in [7, 11) is 1.66. The molecule has 3 N–H and O–H groups in total. The van der Waals surface area contributed by atoms with Crippen LogP contribution in [0.5, 0.6) is 0 Å². The van der Waals surface area contributed by atoms with Gasteiger partial charge in [0.25, 0.3) is 0 Å². The summed E-state index contributed by atoms with van der Waals surface area (Å²) in [6, 6.07) is 3.78. The molecule has 7 nitrogen and oxygen atoms in total. The molecule has 2 aromatic heterocycles. The van der Waals surface area contributed by atoms with Crippen LogP contribution < -0.4 is 10.6 Å². The van der Waals surface area contributed by atoms with Crippen molar-refractivity contribution in [2.24, 2.45) is 5.73 Å². The van der Waals surface area contributed by atoms with Gasteiger partial charge in [0.15, 0.2) is 5.65 Å². The van der Waals surface area contributed by atoms with Crippen LogP contribution in [-0.2, 0) is 4.74 Å². The lowest BCUT2D eigenvalue weighted by atomic mass is 10.3. The van der Waals surface area contributed by atoms with E-state index in [0.717, 1.165) is 11.3 Å². The molecule has 2 aromatic rings. The maximum atomic E-state index is 7.34. The summed E-state index contributed by atoms with van der Waals surface area (Å²) < 4.78 is 5.11. The molecule has 0 radical (unpaired) electrons. The van der Waals surface area contributed by atoms with Crippen molar-refractivity contribution in [3.05, 3.63) is 24.5 Å². The van der Waals surface area contributed by atoms with E-state index in [9.17, 15) is 0 Å². The van der Waals surface area contributed by atoms with Crippen LogP contribution in [0.1, 0.15) is 6.42 Å². The Kier molecular flexibility index (Phi) is 4.78. The highest BCUT2D eigenvalue weighted by atomic mass is 16.5. The third-order valence-corrected chi connectivity index (χ3v) is 2.86. The molecule has 2 rings (SSSR count). The van der Waals surface area contributed by atoms with Gasteiger partial charge >= 0.3 is 0 Å². The minimum absolute atomic E-state index is 0.160. The van der Waals surface area contributed by atoms with Crippen molar-refractivity contribution in [3.8, 4) is 0 Å². The first kappa shape index (κ1) is 14.1. The van der Waals surface area contributed by atoms with Crippen LogP contribution in [-0.4, -0.2) is 47.6 Å². The molecule has 0 unspecified atom stereocenters. The van der Waals surface area contributed by atoms with E-state index in [1.165, 1.54) is 0 Å². The molecule has 0 aliphatic rings. The molecule has 0 fully saturated rings. The maximum absolute atomic E-state index is 7.34. The number of nitrogens with zero attached hydrogens (tertiary/aromatic N) is 4. The average molecular weight is 274 g/mol. The average Bonchev–Trinajstić information content (AvgIpc) is 2.46. The van der Waals surface area contributed by atoms with Crippen molar-refractivity contribution >= 4 is 22.8 Å². The fourth-order valence-electron chi connectivity index (χ4n) is 1.82. The molecule has 0 amide bonds. The van der Waals surface area contributed by atoms with Gasteiger partial charge in [-0.15, -0.1) is 0 Å². The van der Waals surface area contributed by atoms with Crippen molar-refractivity contribution in [3.63, 3.8) is 0 Å². The van der Waals surface area contributed by atoms with Gasteiger partial charge in [-0.25, -0.2) is 9.97 Å². The van der Waals surface area contributed by atoms with Gasteiger partial charge in [0.2, 0.25) is 0 Å². The molecule has 0 bridgehead atoms. The third-order valence-electron chi connectivity index (χ3n) is 2.86. The second kappa shape index (κ2) is 6.76. The van der Waals surface area contributed by atoms with Gasteiger partial charge in [0, 0.05) is 39.0 Å². The zero-order valence-electron chi connectivity index (χ0n) is 11.4. The normalized spacial score (nSPS) is 10.7. The van der Waals surface area contributed by atoms with E-state index in [4.69, 9.17) is 15.9 Å². The van der Waals surface area contributed by atoms with Crippen molar-refractivity contribution in [1.82, 2.24) is 15.0 Å². The fourth-order valence-corrected chi connectivity index (χ4v) is 1.82. The highest BCUT2D eigenvalue weighted by Gasteiger charge is 2.09. The van der Waals surface area contributed by atoms with Gasteiger partial charge in [0.05, 0.1) is 12.4 Å². The van der Waals surface area contributed by atoms with E-state index in [-0.39, 0.29) is 5.84 Å². The van der Waals surface area contributed by atoms with E-state index in [1.807, 2.05) is 17.0 Å². The summed E-state index contributed by atoms with van der Waals surface area (Å²) in [6.07, 6.45) is 3.75. The van der Waals surface area contributed by atoms with Crippen LogP contribution in [0.2, 0.25) is 0 Å². The van der Waals surface area contributed by atoms with E-state index in [1.54, 1.807) is 19.5 Å². The number of anilines is 1. The predicted octanol–water partition coefficient (Wildman–Crippen LogP) is 0.804. The van der Waals surface area contributed by atoms with E-state index in [2.05, 4.69) is 15.0 Å². The quantitative estimate of drug-likeness (QED) is 0.572. The Morgan fingerprint density at radius 2 is 2.10 bits per heavy atom. The Labute approximate surface area is 117 Å². The number of rotatable bonds is 7. The number of fused-ring (bicyclic) bond motifs is 1. The number of hydrogen-bond acceptors (Lipinski definition) is 6. The first-order valence-electron chi connectivity index (χ1n) is 6.35. The number of pyridine rings is 1. The van der Waals surface area contributed by atoms with Gasteiger partial charge in [-0.1, -0.05) is 0 Å². The minimum Gasteiger partial charge on any atom is -0.388 e. The topological polar surface area (TPSA) is 101 Å². The Morgan fingerprint density at radius 1 is 1.30 bits per heavy atom. The predicted molar refractivity (Wildman–Crippen MR) is 78.0 cm³/mol. The monoisotopic (exact) mass is 274 g/mol. The number of nitrogens with one attached hydrogen (secondary N) is 1. The highest BCUT2D eigenvalue weighted by molar-refractivity contribution is 5.77. The summed E-state index contributed by atoms with van der Waals surface area (Å²) in [5.41, 5.74) is 6.79. The minimum atomic E-state index is 0.160. The van der Waals surface area contributed by atoms with E-state index >= 15 is 0 Å². The van der Waals surface area contributed by atoms with Crippen molar-refractivity contribution in [2.45, 2.75) is 6.42 Å². The molecule has 0 spiro atoms. The second-order valence-corrected chi connectivity index (χ2v) is 4.32. The molecule has 0 atom stereocenters. The second-order valence-electron chi connectivity index (χ2n) is 4.32. The summed E-state index contributed by atoms with van der Waals surface area (Å²) >= 11 is 0. The summed E-state index contributed by atoms with van der Waals surface area (Å²) in [6.45, 7) is 1.89. The summed E-state index contributed by atoms with van der Waals surface area (Å²) in [4.78, 5) is 14.9. The van der Waals surface area contributed by atoms with E-state index < -0.39 is 0 Å². The Hall–Kier alpha value is -2.28. The third kappa shape index (κ3) is 3.61. The number of hydrogen-bond donors (Lipinski definition) is 2. The van der Waals surface area contributed by atoms with Crippen LogP contribution in [0, 0.1) is 5.41 Å². The van der Waals surface area contributed by atoms with Crippen LogP contribution in [0.4, 0.5) is 5.82 Å². The number of nitrogens with two attached hydrogens (primary N) is 1. The Morgan fingerprint density at radius 3 is 2.85 bits per heavy atom. The number of amidine groups is 1. The molecule has 7 heteroatoms. The van der Waals surface area contributed by atoms with Gasteiger partial charge in [-0.2, -0.15) is 0 Å². The van der Waals surface area contributed by atoms with Crippen molar-refractivity contribution in [1.29, 1.82) is 5.41 Å². The molecular formula is C13H18N6O. The molecule has 2 heterocycles. The molecule has 0 saturated heterocycles. The smallest absolute Gasteiger partial charge is 0.180 e. The zero-order chi connectivity index (χ0) is 14.4. The standard InChI is InChI=1S/C13H18N6O/c1-20-9-8-19(7-4-11(14)15)12-3-2-10-13(18-12)17-6-5-16-10/h2-3,5-6H,4,7-9H2,1H3,(H3,14,15). The molecular weight excluding hydrogens is 256 g/mol. The lowest BCUT2D eigenvalue weighted by Crippen LogP contribution is -2.31. The molecule has 0 aromatic carbocycles. The largest absolute Gasteiger partial charge is 0.388 e. The molecule has 20 heavy (non-hydrogen) atoms. The highest BCUT2D eigenvalue weighted by Crippen LogP contribution is 2.15. The van der Waals surface area contributed by atoms with Gasteiger partial charge in [0.1, 0.15) is 11.3 Å². The molecule has 0 aliphatic heterocycles. The number of aromatic nitrogens is 3. The summed E-state index contributed by atoms with van der Waals surface area (Å²) in [5.74, 6) is 0.948. The lowest BCUT2D eigenvalue weighted by Gasteiger charge is -2.23. The van der Waals surface area contributed by atoms with Gasteiger partial charge in [-0.05, 0) is 12.1 Å². The molecule has 0 aliphatic carbocycles. The van der Waals surface area contributed by atoms with Crippen molar-refractivity contribution < 1.29 is 4.74 Å². The SMILES string of the molecule is COCCN(CCC(=N)N)c1ccc2nccnc2n1. The van der Waals surface area contributed by atoms with Crippen molar-refractivity contribution in [2.75, 3.05) is 31.7 Å². The van der Waals surface area contributed by atoms with Crippen LogP contribution in [0.25, 0.3) is 11.2 Å². The number of ether oxygens (including phenoxy) is 1. The van der Waals surface area contributed by atoms with Crippen LogP contribution in [0.15, 0.2) is 24.5 Å². The van der Waals surface area contributed by atoms with Gasteiger partial charge < -0.3 is 15.4 Å². The first-order chi connectivity index (χ1) is 9.70. The zero-order valence-corrected chi connectivity index (χ0v) is 11.4. The van der Waals surface area contributed by atoms with Crippen LogP contribution in [0.3, 0.4) is 0 Å². The first-order valence-corrected chi connectivity index (χ1v) is 6.35. The fraction of sp³-hybridized carbons (Fsp3) is 0.385. The summed E-state index contributed by atoms with van der Waals surface area (Å²) in [5, 5.41) is 7.34. The van der Waals surface area contributed by atoms with Crippen LogP contribution >= 0.6 is 0 Å². The molecule has 106 valence electrons.